The number of hydrogen-bond donors (Lipinski definition) is 2. The number of unbranched alkanes of at least 4 members (excludes halogenated alkanes) is 1. The molecular formula is C25H31N5O2. The number of carbonyl (C=O) groups excluding carboxylic acids is 2. The highest BCUT2D eigenvalue weighted by atomic mass is 16.2. The number of hydrogen-bond acceptors (Lipinski definition) is 4. The Morgan fingerprint density at radius 2 is 1.56 bits per heavy atom. The summed E-state index contributed by atoms with van der Waals surface area (Å²) in [6.45, 7) is 3.24. The van der Waals surface area contributed by atoms with Gasteiger partial charge in [-0.3, -0.25) is 19.5 Å². The van der Waals surface area contributed by atoms with Crippen LogP contribution in [-0.2, 0) is 0 Å². The van der Waals surface area contributed by atoms with E-state index in [1.165, 1.54) is 10.6 Å². The Labute approximate surface area is 189 Å². The zero-order valence-electron chi connectivity index (χ0n) is 18.6. The van der Waals surface area contributed by atoms with Gasteiger partial charge in [-0.1, -0.05) is 30.3 Å². The van der Waals surface area contributed by atoms with E-state index in [0.717, 1.165) is 51.3 Å². The molecule has 168 valence electrons. The van der Waals surface area contributed by atoms with Crippen LogP contribution >= 0.6 is 0 Å². The van der Waals surface area contributed by atoms with Crippen LogP contribution in [0.4, 0.5) is 5.69 Å². The maximum absolute atomic E-state index is 12.4. The van der Waals surface area contributed by atoms with Crippen LogP contribution in [0.15, 0.2) is 59.6 Å². The zero-order chi connectivity index (χ0) is 22.3. The number of aliphatic imine (C=N–C) groups is 1. The number of nitrogens with one attached hydrogen (secondary N) is 2. The Morgan fingerprint density at radius 1 is 0.938 bits per heavy atom. The smallest absolute Gasteiger partial charge is 0.261 e. The average Bonchev–Trinajstić information content (AvgIpc) is 3.09. The quantitative estimate of drug-likeness (QED) is 0.304. The molecule has 7 heteroatoms. The number of amides is 2. The molecule has 0 unspecified atom stereocenters. The average molecular weight is 434 g/mol. The highest BCUT2D eigenvalue weighted by Gasteiger charge is 2.34. The summed E-state index contributed by atoms with van der Waals surface area (Å²) >= 11 is 0. The number of para-hydroxylation sites is 1. The lowest BCUT2D eigenvalue weighted by atomic mass is 10.0. The number of nitrogens with zero attached hydrogens (tertiary/aromatic N) is 3. The van der Waals surface area contributed by atoms with Gasteiger partial charge in [0.05, 0.1) is 11.1 Å². The molecule has 1 saturated heterocycles. The first kappa shape index (κ1) is 21.9. The monoisotopic (exact) mass is 433 g/mol. The van der Waals surface area contributed by atoms with Gasteiger partial charge in [0.1, 0.15) is 0 Å². The molecule has 1 fully saturated rings. The number of imide groups is 1. The minimum Gasteiger partial charge on any atom is -0.371 e. The molecular weight excluding hydrogens is 402 g/mol. The molecule has 4 rings (SSSR count). The molecule has 2 aromatic carbocycles. The van der Waals surface area contributed by atoms with Crippen molar-refractivity contribution in [2.45, 2.75) is 31.7 Å². The Bertz CT molecular complexity index is 932. The fourth-order valence-electron chi connectivity index (χ4n) is 4.35. The minimum atomic E-state index is -0.183. The lowest BCUT2D eigenvalue weighted by molar-refractivity contribution is 0.0652. The van der Waals surface area contributed by atoms with Crippen LogP contribution in [0, 0.1) is 0 Å². The van der Waals surface area contributed by atoms with Crippen LogP contribution in [-0.4, -0.2) is 61.9 Å². The van der Waals surface area contributed by atoms with Crippen molar-refractivity contribution in [3.63, 3.8) is 0 Å². The van der Waals surface area contributed by atoms with Crippen molar-refractivity contribution in [3.8, 4) is 0 Å². The first-order valence-corrected chi connectivity index (χ1v) is 11.4. The fourth-order valence-corrected chi connectivity index (χ4v) is 4.35. The van der Waals surface area contributed by atoms with Gasteiger partial charge in [0, 0.05) is 45.0 Å². The van der Waals surface area contributed by atoms with Gasteiger partial charge in [0.2, 0.25) is 0 Å². The van der Waals surface area contributed by atoms with Gasteiger partial charge in [-0.15, -0.1) is 0 Å². The Balaban J connectivity index is 1.15. The van der Waals surface area contributed by atoms with Crippen LogP contribution in [0.25, 0.3) is 0 Å². The van der Waals surface area contributed by atoms with Gasteiger partial charge in [-0.25, -0.2) is 0 Å². The molecule has 2 N–H and O–H groups in total. The molecule has 7 nitrogen and oxygen atoms in total. The van der Waals surface area contributed by atoms with E-state index in [9.17, 15) is 9.59 Å². The molecule has 0 radical (unpaired) electrons. The van der Waals surface area contributed by atoms with E-state index in [1.807, 2.05) is 6.07 Å². The number of anilines is 1. The van der Waals surface area contributed by atoms with Crippen LogP contribution in [0.1, 0.15) is 46.4 Å². The van der Waals surface area contributed by atoms with E-state index >= 15 is 0 Å². The third kappa shape index (κ3) is 4.93. The second-order valence-corrected chi connectivity index (χ2v) is 8.25. The second-order valence-electron chi connectivity index (χ2n) is 8.25. The van der Waals surface area contributed by atoms with Crippen molar-refractivity contribution >= 4 is 23.5 Å². The van der Waals surface area contributed by atoms with Gasteiger partial charge in [0.25, 0.3) is 11.8 Å². The lowest BCUT2D eigenvalue weighted by Crippen LogP contribution is -2.49. The topological polar surface area (TPSA) is 77.0 Å². The molecule has 0 atom stereocenters. The zero-order valence-corrected chi connectivity index (χ0v) is 18.6. The van der Waals surface area contributed by atoms with Crippen molar-refractivity contribution < 1.29 is 9.59 Å². The first-order valence-electron chi connectivity index (χ1n) is 11.4. The van der Waals surface area contributed by atoms with E-state index < -0.39 is 0 Å². The number of carbonyl (C=O) groups is 2. The normalized spacial score (nSPS) is 17.0. The number of fused-ring (bicyclic) bond motifs is 1. The minimum absolute atomic E-state index is 0.183. The standard InChI is InChI=1S/C25H31N5O2/c1-26-25(28-19-13-17-29(18-14-19)20-9-3-2-4-10-20)27-15-7-8-16-30-23(31)21-11-5-6-12-22(21)24(30)32/h2-6,9-12,19H,7-8,13-18H2,1H3,(H2,26,27,28). The SMILES string of the molecule is CN=C(NCCCCN1C(=O)c2ccccc2C1=O)NC1CCN(c2ccccc2)CC1. The molecule has 0 aromatic heterocycles. The van der Waals surface area contributed by atoms with Crippen molar-refractivity contribution in [2.24, 2.45) is 4.99 Å². The number of guanidine groups is 1. The molecule has 2 amide bonds. The first-order chi connectivity index (χ1) is 15.7. The third-order valence-corrected chi connectivity index (χ3v) is 6.16. The largest absolute Gasteiger partial charge is 0.371 e. The van der Waals surface area contributed by atoms with Gasteiger partial charge in [-0.05, 0) is 49.9 Å². The maximum atomic E-state index is 12.4. The van der Waals surface area contributed by atoms with E-state index in [4.69, 9.17) is 0 Å². The molecule has 2 aliphatic heterocycles. The Morgan fingerprint density at radius 3 is 2.19 bits per heavy atom. The van der Waals surface area contributed by atoms with E-state index in [1.54, 1.807) is 31.3 Å². The summed E-state index contributed by atoms with van der Waals surface area (Å²) < 4.78 is 0. The maximum Gasteiger partial charge on any atom is 0.261 e. The summed E-state index contributed by atoms with van der Waals surface area (Å²) in [5.74, 6) is 0.444. The highest BCUT2D eigenvalue weighted by Crippen LogP contribution is 2.22. The summed E-state index contributed by atoms with van der Waals surface area (Å²) in [7, 11) is 1.78. The van der Waals surface area contributed by atoms with Crippen molar-refractivity contribution in [1.82, 2.24) is 15.5 Å². The molecule has 0 spiro atoms. The van der Waals surface area contributed by atoms with Crippen LogP contribution in [0.2, 0.25) is 0 Å². The van der Waals surface area contributed by atoms with E-state index in [-0.39, 0.29) is 11.8 Å². The van der Waals surface area contributed by atoms with E-state index in [2.05, 4.69) is 44.8 Å². The Kier molecular flexibility index (Phi) is 7.04. The fraction of sp³-hybridized carbons (Fsp3) is 0.400. The summed E-state index contributed by atoms with van der Waals surface area (Å²) in [4.78, 5) is 33.0. The summed E-state index contributed by atoms with van der Waals surface area (Å²) in [5, 5.41) is 6.89. The summed E-state index contributed by atoms with van der Waals surface area (Å²) in [6.07, 6.45) is 3.73. The molecule has 0 bridgehead atoms. The molecule has 2 aromatic rings. The summed E-state index contributed by atoms with van der Waals surface area (Å²) in [6, 6.07) is 18.0. The predicted octanol–water partition coefficient (Wildman–Crippen LogP) is 2.90. The van der Waals surface area contributed by atoms with Crippen molar-refractivity contribution in [1.29, 1.82) is 0 Å². The molecule has 2 heterocycles. The van der Waals surface area contributed by atoms with Gasteiger partial charge >= 0.3 is 0 Å². The molecule has 0 saturated carbocycles. The van der Waals surface area contributed by atoms with Crippen LogP contribution in [0.5, 0.6) is 0 Å². The van der Waals surface area contributed by atoms with Gasteiger partial charge in [-0.2, -0.15) is 0 Å². The van der Waals surface area contributed by atoms with Gasteiger partial charge < -0.3 is 15.5 Å². The van der Waals surface area contributed by atoms with Crippen molar-refractivity contribution in [2.75, 3.05) is 38.1 Å². The third-order valence-electron chi connectivity index (χ3n) is 6.16. The predicted molar refractivity (Wildman–Crippen MR) is 127 cm³/mol. The number of benzene rings is 2. The lowest BCUT2D eigenvalue weighted by Gasteiger charge is -2.34. The van der Waals surface area contributed by atoms with Crippen molar-refractivity contribution in [3.05, 3.63) is 65.7 Å². The summed E-state index contributed by atoms with van der Waals surface area (Å²) in [5.41, 5.74) is 2.31. The van der Waals surface area contributed by atoms with Crippen LogP contribution < -0.4 is 15.5 Å². The van der Waals surface area contributed by atoms with E-state index in [0.29, 0.717) is 23.7 Å². The second kappa shape index (κ2) is 10.3. The van der Waals surface area contributed by atoms with Crippen LogP contribution in [0.3, 0.4) is 0 Å². The Hall–Kier alpha value is -3.35. The molecule has 0 aliphatic carbocycles. The molecule has 2 aliphatic rings. The molecule has 32 heavy (non-hydrogen) atoms. The number of piperidine rings is 1. The van der Waals surface area contributed by atoms with Gasteiger partial charge in [0.15, 0.2) is 5.96 Å². The number of rotatable bonds is 7. The highest BCUT2D eigenvalue weighted by molar-refractivity contribution is 6.21.